The molecule has 0 fully saturated rings. The number of thiazole rings is 1. The molecule has 2 N–H and O–H groups in total. The molecule has 6 nitrogen and oxygen atoms in total. The van der Waals surface area contributed by atoms with Crippen LogP contribution in [0.5, 0.6) is 0 Å². The zero-order valence-corrected chi connectivity index (χ0v) is 13.8. The van der Waals surface area contributed by atoms with Crippen molar-refractivity contribution < 1.29 is 4.79 Å². The summed E-state index contributed by atoms with van der Waals surface area (Å²) in [7, 11) is 0. The van der Waals surface area contributed by atoms with E-state index in [4.69, 9.17) is 0 Å². The number of nitrogens with zero attached hydrogens (tertiary/aromatic N) is 3. The number of rotatable bonds is 4. The standard InChI is InChI=1S/C18H13N5OS/c24-17(21-13-5-6-15-12(9-13)3-1-8-20-15)16-11-25-18(23-16)22-14-4-2-7-19-10-14/h1-11H,(H,21,24)(H,22,23). The van der Waals surface area contributed by atoms with Crippen LogP contribution in [0.3, 0.4) is 0 Å². The quantitative estimate of drug-likeness (QED) is 0.581. The molecule has 0 aliphatic carbocycles. The van der Waals surface area contributed by atoms with Crippen LogP contribution in [0.4, 0.5) is 16.5 Å². The fourth-order valence-corrected chi connectivity index (χ4v) is 3.05. The Labute approximate surface area is 147 Å². The number of amides is 1. The van der Waals surface area contributed by atoms with Crippen molar-refractivity contribution in [3.8, 4) is 0 Å². The molecule has 0 radical (unpaired) electrons. The van der Waals surface area contributed by atoms with Gasteiger partial charge in [0.1, 0.15) is 5.69 Å². The topological polar surface area (TPSA) is 79.8 Å². The number of aromatic nitrogens is 3. The molecule has 0 spiro atoms. The van der Waals surface area contributed by atoms with Crippen LogP contribution in [0.1, 0.15) is 10.5 Å². The summed E-state index contributed by atoms with van der Waals surface area (Å²) in [5, 5.41) is 9.32. The lowest BCUT2D eigenvalue weighted by Gasteiger charge is -2.04. The predicted octanol–water partition coefficient (Wildman–Crippen LogP) is 4.08. The van der Waals surface area contributed by atoms with Crippen LogP contribution in [-0.4, -0.2) is 20.9 Å². The summed E-state index contributed by atoms with van der Waals surface area (Å²) in [6.07, 6.45) is 5.14. The lowest BCUT2D eigenvalue weighted by Crippen LogP contribution is -2.12. The second kappa shape index (κ2) is 6.66. The van der Waals surface area contributed by atoms with Gasteiger partial charge in [-0.3, -0.25) is 14.8 Å². The molecule has 4 rings (SSSR count). The van der Waals surface area contributed by atoms with Gasteiger partial charge in [-0.25, -0.2) is 4.98 Å². The van der Waals surface area contributed by atoms with E-state index < -0.39 is 0 Å². The van der Waals surface area contributed by atoms with E-state index in [1.807, 2.05) is 42.5 Å². The van der Waals surface area contributed by atoms with Gasteiger partial charge in [0, 0.05) is 28.8 Å². The van der Waals surface area contributed by atoms with Crippen LogP contribution in [0.15, 0.2) is 66.4 Å². The Balaban J connectivity index is 1.49. The predicted molar refractivity (Wildman–Crippen MR) is 99.3 cm³/mol. The molecule has 25 heavy (non-hydrogen) atoms. The fourth-order valence-electron chi connectivity index (χ4n) is 2.34. The van der Waals surface area contributed by atoms with Crippen molar-refractivity contribution in [2.75, 3.05) is 10.6 Å². The number of hydrogen-bond acceptors (Lipinski definition) is 6. The van der Waals surface area contributed by atoms with E-state index in [9.17, 15) is 4.79 Å². The minimum atomic E-state index is -0.251. The van der Waals surface area contributed by atoms with Gasteiger partial charge in [0.05, 0.1) is 17.4 Å². The van der Waals surface area contributed by atoms with Gasteiger partial charge in [-0.1, -0.05) is 6.07 Å². The minimum Gasteiger partial charge on any atom is -0.330 e. The molecule has 122 valence electrons. The van der Waals surface area contributed by atoms with E-state index in [0.29, 0.717) is 16.5 Å². The molecule has 4 aromatic rings. The summed E-state index contributed by atoms with van der Waals surface area (Å²) in [6, 6.07) is 13.1. The molecule has 0 atom stereocenters. The van der Waals surface area contributed by atoms with Crippen LogP contribution in [0, 0.1) is 0 Å². The van der Waals surface area contributed by atoms with E-state index in [-0.39, 0.29) is 5.91 Å². The van der Waals surface area contributed by atoms with E-state index >= 15 is 0 Å². The summed E-state index contributed by atoms with van der Waals surface area (Å²) in [5.41, 5.74) is 2.78. The summed E-state index contributed by atoms with van der Waals surface area (Å²) in [6.45, 7) is 0. The van der Waals surface area contributed by atoms with Crippen LogP contribution >= 0.6 is 11.3 Å². The first-order chi connectivity index (χ1) is 12.3. The molecule has 0 aliphatic rings. The molecular weight excluding hydrogens is 334 g/mol. The maximum absolute atomic E-state index is 12.4. The molecule has 0 unspecified atom stereocenters. The molecule has 3 aromatic heterocycles. The highest BCUT2D eigenvalue weighted by atomic mass is 32.1. The Morgan fingerprint density at radius 2 is 1.96 bits per heavy atom. The molecule has 1 amide bonds. The van der Waals surface area contributed by atoms with Crippen LogP contribution in [-0.2, 0) is 0 Å². The Kier molecular flexibility index (Phi) is 4.05. The number of pyridine rings is 2. The number of carbonyl (C=O) groups excluding carboxylic acids is 1. The van der Waals surface area contributed by atoms with Gasteiger partial charge in [0.25, 0.3) is 5.91 Å². The van der Waals surface area contributed by atoms with Gasteiger partial charge >= 0.3 is 0 Å². The highest BCUT2D eigenvalue weighted by molar-refractivity contribution is 7.14. The number of hydrogen-bond donors (Lipinski definition) is 2. The first-order valence-electron chi connectivity index (χ1n) is 7.57. The number of anilines is 3. The first kappa shape index (κ1) is 15.2. The Hall–Kier alpha value is -3.32. The summed E-state index contributed by atoms with van der Waals surface area (Å²) in [5.74, 6) is -0.251. The lowest BCUT2D eigenvalue weighted by molar-refractivity contribution is 0.102. The fraction of sp³-hybridized carbons (Fsp3) is 0. The van der Waals surface area contributed by atoms with E-state index in [0.717, 1.165) is 16.6 Å². The van der Waals surface area contributed by atoms with Crippen LogP contribution in [0.2, 0.25) is 0 Å². The number of fused-ring (bicyclic) bond motifs is 1. The SMILES string of the molecule is O=C(Nc1ccc2ncccc2c1)c1csc(Nc2cccnc2)n1. The van der Waals surface area contributed by atoms with Crippen molar-refractivity contribution in [3.05, 3.63) is 72.1 Å². The average Bonchev–Trinajstić information content (AvgIpc) is 3.11. The molecule has 0 bridgehead atoms. The summed E-state index contributed by atoms with van der Waals surface area (Å²) in [4.78, 5) is 25.0. The first-order valence-corrected chi connectivity index (χ1v) is 8.45. The monoisotopic (exact) mass is 347 g/mol. The summed E-state index contributed by atoms with van der Waals surface area (Å²) >= 11 is 1.36. The molecule has 0 saturated carbocycles. The lowest BCUT2D eigenvalue weighted by atomic mass is 10.2. The number of benzene rings is 1. The van der Waals surface area contributed by atoms with Gasteiger partial charge < -0.3 is 10.6 Å². The second-order valence-electron chi connectivity index (χ2n) is 5.27. The van der Waals surface area contributed by atoms with Crippen molar-refractivity contribution >= 4 is 44.7 Å². The Morgan fingerprint density at radius 1 is 1.04 bits per heavy atom. The smallest absolute Gasteiger partial charge is 0.275 e. The zero-order valence-electron chi connectivity index (χ0n) is 13.0. The third-order valence-electron chi connectivity index (χ3n) is 3.51. The van der Waals surface area contributed by atoms with Crippen molar-refractivity contribution in [1.82, 2.24) is 15.0 Å². The molecule has 7 heteroatoms. The number of carbonyl (C=O) groups is 1. The molecule has 0 aliphatic heterocycles. The molecule has 1 aromatic carbocycles. The third-order valence-corrected chi connectivity index (χ3v) is 4.27. The molecular formula is C18H13N5OS. The van der Waals surface area contributed by atoms with Gasteiger partial charge in [-0.15, -0.1) is 11.3 Å². The van der Waals surface area contributed by atoms with Crippen molar-refractivity contribution in [2.24, 2.45) is 0 Å². The van der Waals surface area contributed by atoms with E-state index in [1.54, 1.807) is 24.0 Å². The van der Waals surface area contributed by atoms with Gasteiger partial charge in [-0.05, 0) is 36.4 Å². The van der Waals surface area contributed by atoms with Crippen LogP contribution in [0.25, 0.3) is 10.9 Å². The van der Waals surface area contributed by atoms with Crippen molar-refractivity contribution in [2.45, 2.75) is 0 Å². The van der Waals surface area contributed by atoms with Crippen molar-refractivity contribution in [3.63, 3.8) is 0 Å². The molecule has 0 saturated heterocycles. The van der Waals surface area contributed by atoms with Gasteiger partial charge in [0.2, 0.25) is 0 Å². The average molecular weight is 347 g/mol. The van der Waals surface area contributed by atoms with Crippen molar-refractivity contribution in [1.29, 1.82) is 0 Å². The maximum Gasteiger partial charge on any atom is 0.275 e. The van der Waals surface area contributed by atoms with Crippen LogP contribution < -0.4 is 10.6 Å². The Morgan fingerprint density at radius 3 is 2.84 bits per heavy atom. The highest BCUT2D eigenvalue weighted by Gasteiger charge is 2.11. The number of nitrogens with one attached hydrogen (secondary N) is 2. The zero-order chi connectivity index (χ0) is 17.1. The van der Waals surface area contributed by atoms with Gasteiger partial charge in [-0.2, -0.15) is 0 Å². The van der Waals surface area contributed by atoms with E-state index in [2.05, 4.69) is 25.6 Å². The highest BCUT2D eigenvalue weighted by Crippen LogP contribution is 2.22. The Bertz CT molecular complexity index is 1030. The van der Waals surface area contributed by atoms with E-state index in [1.165, 1.54) is 11.3 Å². The second-order valence-corrected chi connectivity index (χ2v) is 6.13. The maximum atomic E-state index is 12.4. The summed E-state index contributed by atoms with van der Waals surface area (Å²) < 4.78 is 0. The minimum absolute atomic E-state index is 0.251. The molecule has 3 heterocycles. The van der Waals surface area contributed by atoms with Gasteiger partial charge in [0.15, 0.2) is 5.13 Å². The normalized spacial score (nSPS) is 10.6. The third kappa shape index (κ3) is 3.46. The largest absolute Gasteiger partial charge is 0.330 e.